The Balaban J connectivity index is 2.66. The molecule has 1 rings (SSSR count). The number of nitrogens with zero attached hydrogens (tertiary/aromatic N) is 1. The number of anilines is 1. The van der Waals surface area contributed by atoms with E-state index in [9.17, 15) is 13.2 Å². The normalized spacial score (nSPS) is 11.3. The number of aliphatic carboxylic acids is 1. The van der Waals surface area contributed by atoms with Crippen molar-refractivity contribution in [1.82, 2.24) is 0 Å². The van der Waals surface area contributed by atoms with Crippen molar-refractivity contribution in [2.75, 3.05) is 29.5 Å². The van der Waals surface area contributed by atoms with E-state index in [0.29, 0.717) is 25.9 Å². The third-order valence-electron chi connectivity index (χ3n) is 3.13. The predicted octanol–water partition coefficient (Wildman–Crippen LogP) is 2.18. The fraction of sp³-hybridized carbons (Fsp3) is 0.533. The fourth-order valence-corrected chi connectivity index (χ4v) is 3.42. The van der Waals surface area contributed by atoms with Crippen LogP contribution >= 0.6 is 0 Å². The molecule has 0 fully saturated rings. The lowest BCUT2D eigenvalue weighted by atomic mass is 10.2. The van der Waals surface area contributed by atoms with Gasteiger partial charge in [-0.2, -0.15) is 0 Å². The summed E-state index contributed by atoms with van der Waals surface area (Å²) in [6, 6.07) is 9.49. The van der Waals surface area contributed by atoms with Gasteiger partial charge in [0.25, 0.3) is 0 Å². The zero-order chi connectivity index (χ0) is 15.7. The summed E-state index contributed by atoms with van der Waals surface area (Å²) >= 11 is 0. The van der Waals surface area contributed by atoms with Crippen LogP contribution in [0.3, 0.4) is 0 Å². The van der Waals surface area contributed by atoms with Crippen LogP contribution in [0.25, 0.3) is 0 Å². The zero-order valence-corrected chi connectivity index (χ0v) is 13.2. The molecule has 0 aliphatic heterocycles. The average Bonchev–Trinajstić information content (AvgIpc) is 2.43. The summed E-state index contributed by atoms with van der Waals surface area (Å²) in [6.45, 7) is 2.78. The molecule has 0 atom stereocenters. The van der Waals surface area contributed by atoms with Crippen molar-refractivity contribution in [3.05, 3.63) is 30.3 Å². The molecule has 6 heteroatoms. The highest BCUT2D eigenvalue weighted by Crippen LogP contribution is 2.14. The van der Waals surface area contributed by atoms with E-state index in [0.717, 1.165) is 5.69 Å². The van der Waals surface area contributed by atoms with Crippen LogP contribution in [0.2, 0.25) is 0 Å². The van der Waals surface area contributed by atoms with E-state index in [1.54, 1.807) is 0 Å². The van der Waals surface area contributed by atoms with Crippen molar-refractivity contribution in [2.24, 2.45) is 0 Å². The molecule has 5 nitrogen and oxygen atoms in total. The summed E-state index contributed by atoms with van der Waals surface area (Å²) in [5.41, 5.74) is 0.926. The highest BCUT2D eigenvalue weighted by atomic mass is 32.2. The second kappa shape index (κ2) is 8.67. The maximum absolute atomic E-state index is 11.8. The van der Waals surface area contributed by atoms with E-state index in [1.807, 2.05) is 42.2 Å². The lowest BCUT2D eigenvalue weighted by Gasteiger charge is -2.24. The molecular weight excluding hydrogens is 290 g/mol. The Morgan fingerprint density at radius 3 is 2.38 bits per heavy atom. The maximum atomic E-state index is 11.8. The number of carboxylic acids is 1. The molecule has 118 valence electrons. The molecule has 0 unspecified atom stereocenters. The molecule has 0 saturated carbocycles. The van der Waals surface area contributed by atoms with Gasteiger partial charge in [0.05, 0.1) is 5.75 Å². The first-order chi connectivity index (χ1) is 9.94. The van der Waals surface area contributed by atoms with Crippen molar-refractivity contribution >= 4 is 21.5 Å². The average molecular weight is 313 g/mol. The van der Waals surface area contributed by atoms with Crippen molar-refractivity contribution in [1.29, 1.82) is 0 Å². The van der Waals surface area contributed by atoms with E-state index in [2.05, 4.69) is 0 Å². The number of carboxylic acid groups (broad SMARTS) is 1. The summed E-state index contributed by atoms with van der Waals surface area (Å²) in [6.07, 6.45) is 1.20. The van der Waals surface area contributed by atoms with Crippen LogP contribution in [0.15, 0.2) is 30.3 Å². The van der Waals surface area contributed by atoms with Gasteiger partial charge in [-0.1, -0.05) is 25.1 Å². The highest BCUT2D eigenvalue weighted by Gasteiger charge is 2.13. The minimum absolute atomic E-state index is 0.0883. The summed E-state index contributed by atoms with van der Waals surface area (Å²) in [5.74, 6) is -0.533. The Morgan fingerprint density at radius 2 is 1.81 bits per heavy atom. The molecule has 21 heavy (non-hydrogen) atoms. The number of carbonyl (C=O) groups is 1. The van der Waals surface area contributed by atoms with Crippen LogP contribution in [0, 0.1) is 0 Å². The molecule has 0 aromatic heterocycles. The van der Waals surface area contributed by atoms with E-state index in [-0.39, 0.29) is 17.9 Å². The van der Waals surface area contributed by atoms with Gasteiger partial charge in [0.15, 0.2) is 9.84 Å². The number of hydrogen-bond acceptors (Lipinski definition) is 4. The minimum Gasteiger partial charge on any atom is -0.481 e. The van der Waals surface area contributed by atoms with Gasteiger partial charge in [0, 0.05) is 31.0 Å². The third-order valence-corrected chi connectivity index (χ3v) is 4.96. The Hall–Kier alpha value is -1.56. The molecule has 1 aromatic rings. The molecule has 1 N–H and O–H groups in total. The first-order valence-corrected chi connectivity index (χ1v) is 8.99. The zero-order valence-electron chi connectivity index (χ0n) is 12.4. The van der Waals surface area contributed by atoms with Crippen molar-refractivity contribution < 1.29 is 18.3 Å². The van der Waals surface area contributed by atoms with Crippen molar-refractivity contribution in [2.45, 2.75) is 26.2 Å². The van der Waals surface area contributed by atoms with Gasteiger partial charge >= 0.3 is 5.97 Å². The summed E-state index contributed by atoms with van der Waals surface area (Å²) in [4.78, 5) is 12.5. The van der Waals surface area contributed by atoms with Gasteiger partial charge in [-0.3, -0.25) is 4.79 Å². The SMILES string of the molecule is CCCS(=O)(=O)CCN(CCCC(=O)O)c1ccccc1. The number of benzene rings is 1. The molecule has 0 saturated heterocycles. The van der Waals surface area contributed by atoms with E-state index in [4.69, 9.17) is 5.11 Å². The monoisotopic (exact) mass is 313 g/mol. The van der Waals surface area contributed by atoms with Gasteiger partial charge in [-0.05, 0) is 25.0 Å². The number of sulfone groups is 1. The first kappa shape index (κ1) is 17.5. The number of para-hydroxylation sites is 1. The van der Waals surface area contributed by atoms with Crippen LogP contribution in [0.1, 0.15) is 26.2 Å². The van der Waals surface area contributed by atoms with E-state index < -0.39 is 15.8 Å². The maximum Gasteiger partial charge on any atom is 0.303 e. The molecule has 1 aromatic carbocycles. The molecule has 0 bridgehead atoms. The smallest absolute Gasteiger partial charge is 0.303 e. The van der Waals surface area contributed by atoms with Gasteiger partial charge in [0.2, 0.25) is 0 Å². The molecule has 0 aliphatic carbocycles. The summed E-state index contributed by atoms with van der Waals surface area (Å²) in [5, 5.41) is 8.71. The second-order valence-corrected chi connectivity index (χ2v) is 7.28. The molecule has 0 spiro atoms. The lowest BCUT2D eigenvalue weighted by molar-refractivity contribution is -0.137. The Kier molecular flexibility index (Phi) is 7.22. The van der Waals surface area contributed by atoms with Crippen LogP contribution < -0.4 is 4.90 Å². The van der Waals surface area contributed by atoms with Crippen LogP contribution in [-0.2, 0) is 14.6 Å². The summed E-state index contributed by atoms with van der Waals surface area (Å²) in [7, 11) is -3.03. The Bertz CT molecular complexity index is 528. The second-order valence-electron chi connectivity index (χ2n) is 4.97. The van der Waals surface area contributed by atoms with Crippen molar-refractivity contribution in [3.63, 3.8) is 0 Å². The van der Waals surface area contributed by atoms with E-state index in [1.165, 1.54) is 0 Å². The van der Waals surface area contributed by atoms with Gasteiger partial charge in [-0.25, -0.2) is 8.42 Å². The van der Waals surface area contributed by atoms with Gasteiger partial charge < -0.3 is 10.0 Å². The number of hydrogen-bond donors (Lipinski definition) is 1. The van der Waals surface area contributed by atoms with Crippen LogP contribution in [-0.4, -0.2) is 44.1 Å². The topological polar surface area (TPSA) is 74.7 Å². The van der Waals surface area contributed by atoms with Crippen LogP contribution in [0.5, 0.6) is 0 Å². The Labute approximate surface area is 126 Å². The predicted molar refractivity (Wildman–Crippen MR) is 84.5 cm³/mol. The van der Waals surface area contributed by atoms with Crippen LogP contribution in [0.4, 0.5) is 5.69 Å². The number of rotatable bonds is 10. The lowest BCUT2D eigenvalue weighted by Crippen LogP contribution is -2.31. The van der Waals surface area contributed by atoms with Gasteiger partial charge in [-0.15, -0.1) is 0 Å². The molecule has 0 amide bonds. The first-order valence-electron chi connectivity index (χ1n) is 7.17. The van der Waals surface area contributed by atoms with E-state index >= 15 is 0 Å². The fourth-order valence-electron chi connectivity index (χ4n) is 2.09. The molecule has 0 aliphatic rings. The Morgan fingerprint density at radius 1 is 1.14 bits per heavy atom. The largest absolute Gasteiger partial charge is 0.481 e. The third kappa shape index (κ3) is 7.13. The standard InChI is InChI=1S/C15H23NO4S/c1-2-12-21(19,20)13-11-16(10-6-9-15(17)18)14-7-4-3-5-8-14/h3-5,7-8H,2,6,9-13H2,1H3,(H,17,18). The van der Waals surface area contributed by atoms with Gasteiger partial charge in [0.1, 0.15) is 0 Å². The van der Waals surface area contributed by atoms with Crippen molar-refractivity contribution in [3.8, 4) is 0 Å². The highest BCUT2D eigenvalue weighted by molar-refractivity contribution is 7.91. The quantitative estimate of drug-likeness (QED) is 0.716. The molecule has 0 radical (unpaired) electrons. The molecular formula is C15H23NO4S. The molecule has 0 heterocycles. The summed E-state index contributed by atoms with van der Waals surface area (Å²) < 4.78 is 23.7. The minimum atomic E-state index is -3.03.